The maximum atomic E-state index is 13.2. The van der Waals surface area contributed by atoms with Gasteiger partial charge in [0.2, 0.25) is 0 Å². The molecule has 1 saturated carbocycles. The van der Waals surface area contributed by atoms with Crippen LogP contribution in [0.25, 0.3) is 0 Å². The van der Waals surface area contributed by atoms with Crippen LogP contribution in [0.1, 0.15) is 23.2 Å². The number of carbonyl (C=O) groups is 1. The second kappa shape index (κ2) is 7.63. The highest BCUT2D eigenvalue weighted by molar-refractivity contribution is 5.94. The lowest BCUT2D eigenvalue weighted by Crippen LogP contribution is -2.57. The fraction of sp³-hybridized carbons (Fsp3) is 0.316. The normalized spacial score (nSPS) is 26.0. The Kier molecular flexibility index (Phi) is 5.31. The number of carbonyl (C=O) groups excluding carboxylic acids is 1. The van der Waals surface area contributed by atoms with Crippen LogP contribution < -0.4 is 10.1 Å². The van der Waals surface area contributed by atoms with Crippen LogP contribution in [-0.2, 0) is 0 Å². The molecule has 1 amide bonds. The van der Waals surface area contributed by atoms with Gasteiger partial charge in [-0.2, -0.15) is 0 Å². The molecule has 4 atom stereocenters. The Bertz CT molecular complexity index is 724. The van der Waals surface area contributed by atoms with E-state index in [-0.39, 0.29) is 5.56 Å². The van der Waals surface area contributed by atoms with E-state index in [1.807, 2.05) is 18.2 Å². The summed E-state index contributed by atoms with van der Waals surface area (Å²) >= 11 is 0. The van der Waals surface area contributed by atoms with Gasteiger partial charge in [0.1, 0.15) is 29.9 Å². The Morgan fingerprint density at radius 2 is 1.80 bits per heavy atom. The van der Waals surface area contributed by atoms with Gasteiger partial charge in [0.25, 0.3) is 5.91 Å². The van der Waals surface area contributed by atoms with Gasteiger partial charge < -0.3 is 20.3 Å². The highest BCUT2D eigenvalue weighted by Crippen LogP contribution is 2.25. The van der Waals surface area contributed by atoms with Gasteiger partial charge in [-0.05, 0) is 43.2 Å². The van der Waals surface area contributed by atoms with Gasteiger partial charge in [-0.1, -0.05) is 24.3 Å². The molecule has 1 fully saturated rings. The average molecular weight is 345 g/mol. The number of ether oxygens (including phenoxy) is 1. The molecule has 0 bridgehead atoms. The summed E-state index contributed by atoms with van der Waals surface area (Å²) in [5.41, 5.74) is 0.171. The summed E-state index contributed by atoms with van der Waals surface area (Å²) in [5.74, 6) is -0.382. The Morgan fingerprint density at radius 1 is 1.04 bits per heavy atom. The van der Waals surface area contributed by atoms with Crippen molar-refractivity contribution >= 4 is 5.91 Å². The van der Waals surface area contributed by atoms with E-state index in [0.717, 1.165) is 6.07 Å². The molecule has 2 aromatic rings. The summed E-state index contributed by atoms with van der Waals surface area (Å²) in [6.07, 6.45) is -1.94. The van der Waals surface area contributed by atoms with Crippen molar-refractivity contribution < 1.29 is 24.1 Å². The number of hydrogen-bond acceptors (Lipinski definition) is 4. The van der Waals surface area contributed by atoms with E-state index in [4.69, 9.17) is 4.74 Å². The van der Waals surface area contributed by atoms with Crippen LogP contribution in [0.4, 0.5) is 4.39 Å². The summed E-state index contributed by atoms with van der Waals surface area (Å²) in [6, 6.07) is 13.7. The van der Waals surface area contributed by atoms with Crippen LogP contribution in [0, 0.1) is 5.82 Å². The molecule has 0 aromatic heterocycles. The van der Waals surface area contributed by atoms with Gasteiger partial charge in [0.05, 0.1) is 6.04 Å². The molecule has 6 heteroatoms. The first-order valence-electron chi connectivity index (χ1n) is 8.19. The van der Waals surface area contributed by atoms with Crippen molar-refractivity contribution in [3.8, 4) is 5.75 Å². The zero-order chi connectivity index (χ0) is 17.8. The third-order valence-electron chi connectivity index (χ3n) is 4.34. The molecule has 0 radical (unpaired) electrons. The zero-order valence-electron chi connectivity index (χ0n) is 13.5. The molecular weight excluding hydrogens is 325 g/mol. The standard InChI is InChI=1S/C19H20FNO4/c20-13-6-4-5-12(11-13)19(24)21-15-9-10-16(18(23)17(15)22)25-14-7-2-1-3-8-14/h1-8,11,15-18,22-23H,9-10H2,(H,21,24)/t15-,16-,17-,18-/m1/s1. The fourth-order valence-electron chi connectivity index (χ4n) is 2.98. The predicted molar refractivity (Wildman–Crippen MR) is 89.8 cm³/mol. The number of nitrogens with one attached hydrogen (secondary N) is 1. The lowest BCUT2D eigenvalue weighted by atomic mass is 9.87. The van der Waals surface area contributed by atoms with E-state index < -0.39 is 36.1 Å². The van der Waals surface area contributed by atoms with Gasteiger partial charge in [-0.3, -0.25) is 4.79 Å². The number of halogens is 1. The molecule has 0 saturated heterocycles. The van der Waals surface area contributed by atoms with Crippen molar-refractivity contribution in [1.29, 1.82) is 0 Å². The van der Waals surface area contributed by atoms with Gasteiger partial charge in [-0.15, -0.1) is 0 Å². The molecule has 0 aliphatic heterocycles. The maximum Gasteiger partial charge on any atom is 0.251 e. The van der Waals surface area contributed by atoms with Crippen molar-refractivity contribution in [1.82, 2.24) is 5.32 Å². The van der Waals surface area contributed by atoms with Crippen LogP contribution in [0.2, 0.25) is 0 Å². The van der Waals surface area contributed by atoms with Crippen molar-refractivity contribution in [3.63, 3.8) is 0 Å². The molecule has 1 aliphatic carbocycles. The molecule has 5 nitrogen and oxygen atoms in total. The topological polar surface area (TPSA) is 78.8 Å². The molecule has 0 spiro atoms. The Labute approximate surface area is 145 Å². The molecule has 3 N–H and O–H groups in total. The van der Waals surface area contributed by atoms with Crippen molar-refractivity contribution in [2.24, 2.45) is 0 Å². The van der Waals surface area contributed by atoms with Crippen molar-refractivity contribution in [2.45, 2.75) is 37.2 Å². The Balaban J connectivity index is 1.61. The minimum absolute atomic E-state index is 0.171. The first-order valence-corrected chi connectivity index (χ1v) is 8.19. The number of aliphatic hydroxyl groups excluding tert-OH is 2. The SMILES string of the molecule is O=C(N[C@@H]1CC[C@@H](Oc2ccccc2)[C@@H](O)[C@@H]1O)c1cccc(F)c1. The molecular formula is C19H20FNO4. The largest absolute Gasteiger partial charge is 0.488 e. The summed E-state index contributed by atoms with van der Waals surface area (Å²) in [6.45, 7) is 0. The first-order chi connectivity index (χ1) is 12.0. The third kappa shape index (κ3) is 4.15. The van der Waals surface area contributed by atoms with Gasteiger partial charge >= 0.3 is 0 Å². The van der Waals surface area contributed by atoms with E-state index >= 15 is 0 Å². The molecule has 2 aromatic carbocycles. The predicted octanol–water partition coefficient (Wildman–Crippen LogP) is 1.89. The van der Waals surface area contributed by atoms with Crippen LogP contribution in [0.15, 0.2) is 54.6 Å². The molecule has 0 heterocycles. The number of hydrogen-bond donors (Lipinski definition) is 3. The average Bonchev–Trinajstić information content (AvgIpc) is 2.62. The summed E-state index contributed by atoms with van der Waals surface area (Å²) < 4.78 is 18.9. The quantitative estimate of drug-likeness (QED) is 0.791. The molecule has 3 rings (SSSR count). The number of aliphatic hydroxyl groups is 2. The summed E-state index contributed by atoms with van der Waals surface area (Å²) in [7, 11) is 0. The second-order valence-electron chi connectivity index (χ2n) is 6.12. The molecule has 25 heavy (non-hydrogen) atoms. The van der Waals surface area contributed by atoms with Crippen LogP contribution in [0.5, 0.6) is 5.75 Å². The first kappa shape index (κ1) is 17.4. The number of benzene rings is 2. The van der Waals surface area contributed by atoms with Crippen molar-refractivity contribution in [2.75, 3.05) is 0 Å². The van der Waals surface area contributed by atoms with E-state index in [9.17, 15) is 19.4 Å². The lowest BCUT2D eigenvalue weighted by Gasteiger charge is -2.37. The van der Waals surface area contributed by atoms with Gasteiger partial charge in [0, 0.05) is 5.56 Å². The van der Waals surface area contributed by atoms with E-state index in [1.54, 1.807) is 12.1 Å². The Morgan fingerprint density at radius 3 is 2.52 bits per heavy atom. The monoisotopic (exact) mass is 345 g/mol. The second-order valence-corrected chi connectivity index (χ2v) is 6.12. The number of rotatable bonds is 4. The minimum atomic E-state index is -1.17. The van der Waals surface area contributed by atoms with Gasteiger partial charge in [0.15, 0.2) is 0 Å². The summed E-state index contributed by atoms with van der Waals surface area (Å²) in [5, 5.41) is 23.3. The third-order valence-corrected chi connectivity index (χ3v) is 4.34. The van der Waals surface area contributed by atoms with E-state index in [1.165, 1.54) is 18.2 Å². The molecule has 0 unspecified atom stereocenters. The maximum absolute atomic E-state index is 13.2. The number of para-hydroxylation sites is 1. The van der Waals surface area contributed by atoms with Crippen molar-refractivity contribution in [3.05, 3.63) is 66.0 Å². The van der Waals surface area contributed by atoms with Crippen LogP contribution >= 0.6 is 0 Å². The Hall–Kier alpha value is -2.44. The molecule has 132 valence electrons. The summed E-state index contributed by atoms with van der Waals surface area (Å²) in [4.78, 5) is 12.2. The number of amides is 1. The van der Waals surface area contributed by atoms with Crippen LogP contribution in [0.3, 0.4) is 0 Å². The smallest absolute Gasteiger partial charge is 0.251 e. The lowest BCUT2D eigenvalue weighted by molar-refractivity contribution is -0.0874. The highest BCUT2D eigenvalue weighted by Gasteiger charge is 2.39. The van der Waals surface area contributed by atoms with Gasteiger partial charge in [-0.25, -0.2) is 4.39 Å². The zero-order valence-corrected chi connectivity index (χ0v) is 13.5. The minimum Gasteiger partial charge on any atom is -0.488 e. The van der Waals surface area contributed by atoms with Crippen LogP contribution in [-0.4, -0.2) is 40.5 Å². The van der Waals surface area contributed by atoms with E-state index in [0.29, 0.717) is 18.6 Å². The van der Waals surface area contributed by atoms with E-state index in [2.05, 4.69) is 5.32 Å². The molecule has 1 aliphatic rings. The fourth-order valence-corrected chi connectivity index (χ4v) is 2.98. The highest BCUT2D eigenvalue weighted by atomic mass is 19.1.